The van der Waals surface area contributed by atoms with Crippen molar-refractivity contribution in [3.05, 3.63) is 67.9 Å². The second kappa shape index (κ2) is 6.33. The van der Waals surface area contributed by atoms with E-state index in [4.69, 9.17) is 10.00 Å². The summed E-state index contributed by atoms with van der Waals surface area (Å²) in [5.41, 5.74) is 0.393. The SMILES string of the molecule is N#Cc1cc(F)cc(COc2ccc(Br)cc2[N+](=O)[O-])c1. The number of nitriles is 1. The summed E-state index contributed by atoms with van der Waals surface area (Å²) in [6.45, 7) is -0.0745. The Morgan fingerprint density at radius 1 is 1.33 bits per heavy atom. The van der Waals surface area contributed by atoms with E-state index in [0.717, 1.165) is 6.07 Å². The Hall–Kier alpha value is -2.46. The molecule has 0 aliphatic rings. The van der Waals surface area contributed by atoms with Gasteiger partial charge in [0.05, 0.1) is 16.6 Å². The Labute approximate surface area is 127 Å². The van der Waals surface area contributed by atoms with Crippen LogP contribution in [-0.2, 0) is 6.61 Å². The minimum Gasteiger partial charge on any atom is -0.482 e. The van der Waals surface area contributed by atoms with Crippen LogP contribution in [0.4, 0.5) is 10.1 Å². The highest BCUT2D eigenvalue weighted by atomic mass is 79.9. The standard InChI is InChI=1S/C14H8BrFN2O3/c15-11-1-2-14(13(6-11)18(19)20)21-8-10-3-9(7-17)4-12(16)5-10/h1-6H,8H2. The lowest BCUT2D eigenvalue weighted by Crippen LogP contribution is -2.00. The second-order valence-corrected chi connectivity index (χ2v) is 5.03. The third kappa shape index (κ3) is 3.77. The van der Waals surface area contributed by atoms with Crippen molar-refractivity contribution in [1.82, 2.24) is 0 Å². The molecule has 0 bridgehead atoms. The van der Waals surface area contributed by atoms with Crippen molar-refractivity contribution < 1.29 is 14.1 Å². The lowest BCUT2D eigenvalue weighted by molar-refractivity contribution is -0.386. The topological polar surface area (TPSA) is 76.2 Å². The van der Waals surface area contributed by atoms with Gasteiger partial charge in [-0.3, -0.25) is 10.1 Å². The van der Waals surface area contributed by atoms with Crippen LogP contribution in [0, 0.1) is 27.3 Å². The van der Waals surface area contributed by atoms with Gasteiger partial charge in [-0.15, -0.1) is 0 Å². The number of nitro benzene ring substituents is 1. The quantitative estimate of drug-likeness (QED) is 0.617. The van der Waals surface area contributed by atoms with Gasteiger partial charge in [0.1, 0.15) is 12.4 Å². The van der Waals surface area contributed by atoms with Crippen molar-refractivity contribution in [2.45, 2.75) is 6.61 Å². The summed E-state index contributed by atoms with van der Waals surface area (Å²) in [5.74, 6) is -0.482. The Kier molecular flexibility index (Phi) is 4.50. The summed E-state index contributed by atoms with van der Waals surface area (Å²) in [6.07, 6.45) is 0. The van der Waals surface area contributed by atoms with Gasteiger partial charge in [0.25, 0.3) is 0 Å². The monoisotopic (exact) mass is 350 g/mol. The zero-order valence-corrected chi connectivity index (χ0v) is 12.1. The molecular weight excluding hydrogens is 343 g/mol. The van der Waals surface area contributed by atoms with Crippen molar-refractivity contribution in [2.75, 3.05) is 0 Å². The molecule has 0 radical (unpaired) electrons. The zero-order valence-electron chi connectivity index (χ0n) is 10.5. The van der Waals surface area contributed by atoms with E-state index in [2.05, 4.69) is 15.9 Å². The maximum atomic E-state index is 13.3. The minimum atomic E-state index is -0.563. The summed E-state index contributed by atoms with van der Waals surface area (Å²) >= 11 is 3.14. The van der Waals surface area contributed by atoms with Gasteiger partial charge in [0, 0.05) is 10.5 Å². The molecule has 0 aliphatic carbocycles. The third-order valence-electron chi connectivity index (χ3n) is 2.60. The molecule has 0 saturated carbocycles. The molecule has 2 aromatic carbocycles. The van der Waals surface area contributed by atoms with Crippen LogP contribution >= 0.6 is 15.9 Å². The molecule has 0 heterocycles. The van der Waals surface area contributed by atoms with Crippen molar-refractivity contribution in [1.29, 1.82) is 5.26 Å². The Bertz CT molecular complexity index is 743. The fourth-order valence-electron chi connectivity index (χ4n) is 1.71. The number of halogens is 2. The van der Waals surface area contributed by atoms with Crippen molar-refractivity contribution in [3.63, 3.8) is 0 Å². The number of hydrogen-bond donors (Lipinski definition) is 0. The Morgan fingerprint density at radius 2 is 2.10 bits per heavy atom. The highest BCUT2D eigenvalue weighted by molar-refractivity contribution is 9.10. The van der Waals surface area contributed by atoms with E-state index < -0.39 is 10.7 Å². The summed E-state index contributed by atoms with van der Waals surface area (Å²) in [5, 5.41) is 19.7. The molecule has 21 heavy (non-hydrogen) atoms. The smallest absolute Gasteiger partial charge is 0.312 e. The second-order valence-electron chi connectivity index (χ2n) is 4.12. The van der Waals surface area contributed by atoms with Crippen LogP contribution < -0.4 is 4.74 Å². The highest BCUT2D eigenvalue weighted by Crippen LogP contribution is 2.30. The number of rotatable bonds is 4. The molecule has 106 valence electrons. The minimum absolute atomic E-state index is 0.0745. The van der Waals surface area contributed by atoms with Gasteiger partial charge in [-0.1, -0.05) is 15.9 Å². The van der Waals surface area contributed by atoms with Crippen LogP contribution in [0.15, 0.2) is 40.9 Å². The summed E-state index contributed by atoms with van der Waals surface area (Å²) in [6, 6.07) is 9.99. The van der Waals surface area contributed by atoms with Gasteiger partial charge < -0.3 is 4.74 Å². The molecule has 0 atom stereocenters. The largest absolute Gasteiger partial charge is 0.482 e. The lowest BCUT2D eigenvalue weighted by atomic mass is 10.1. The maximum Gasteiger partial charge on any atom is 0.312 e. The Balaban J connectivity index is 2.23. The summed E-state index contributed by atoms with van der Waals surface area (Å²) in [4.78, 5) is 10.4. The van der Waals surface area contributed by atoms with Crippen LogP contribution in [0.2, 0.25) is 0 Å². The molecule has 5 nitrogen and oxygen atoms in total. The predicted octanol–water partition coefficient (Wildman–Crippen LogP) is 3.95. The van der Waals surface area contributed by atoms with E-state index in [1.165, 1.54) is 24.3 Å². The number of nitro groups is 1. The van der Waals surface area contributed by atoms with Crippen molar-refractivity contribution >= 4 is 21.6 Å². The third-order valence-corrected chi connectivity index (χ3v) is 3.09. The molecule has 7 heteroatoms. The molecule has 0 amide bonds. The average Bonchev–Trinajstić information content (AvgIpc) is 2.45. The van der Waals surface area contributed by atoms with Crippen LogP contribution in [0.3, 0.4) is 0 Å². The first-order valence-electron chi connectivity index (χ1n) is 5.76. The summed E-state index contributed by atoms with van der Waals surface area (Å²) < 4.78 is 19.2. The first-order valence-corrected chi connectivity index (χ1v) is 6.55. The zero-order chi connectivity index (χ0) is 15.4. The van der Waals surface area contributed by atoms with Crippen LogP contribution in [0.5, 0.6) is 5.75 Å². The number of ether oxygens (including phenoxy) is 1. The van der Waals surface area contributed by atoms with Crippen LogP contribution in [0.25, 0.3) is 0 Å². The molecule has 0 unspecified atom stereocenters. The molecule has 2 rings (SSSR count). The molecule has 0 saturated heterocycles. The van der Waals surface area contributed by atoms with Crippen LogP contribution in [0.1, 0.15) is 11.1 Å². The number of nitrogens with zero attached hydrogens (tertiary/aromatic N) is 2. The van der Waals surface area contributed by atoms with E-state index in [9.17, 15) is 14.5 Å². The van der Waals surface area contributed by atoms with Gasteiger partial charge in [0.2, 0.25) is 0 Å². The molecular formula is C14H8BrFN2O3. The average molecular weight is 351 g/mol. The van der Waals surface area contributed by atoms with E-state index in [0.29, 0.717) is 10.0 Å². The molecule has 0 N–H and O–H groups in total. The Morgan fingerprint density at radius 3 is 2.76 bits per heavy atom. The first-order chi connectivity index (χ1) is 9.99. The van der Waals surface area contributed by atoms with Gasteiger partial charge in [-0.05, 0) is 35.9 Å². The molecule has 2 aromatic rings. The van der Waals surface area contributed by atoms with Gasteiger partial charge >= 0.3 is 5.69 Å². The van der Waals surface area contributed by atoms with Gasteiger partial charge in [0.15, 0.2) is 5.75 Å². The predicted molar refractivity (Wildman–Crippen MR) is 76.2 cm³/mol. The van der Waals surface area contributed by atoms with E-state index in [1.54, 1.807) is 6.07 Å². The molecule has 0 aliphatic heterocycles. The molecule has 0 spiro atoms. The first kappa shape index (κ1) is 14.9. The van der Waals surface area contributed by atoms with E-state index >= 15 is 0 Å². The fourth-order valence-corrected chi connectivity index (χ4v) is 2.06. The van der Waals surface area contributed by atoms with Crippen LogP contribution in [-0.4, -0.2) is 4.92 Å². The van der Waals surface area contributed by atoms with Crippen molar-refractivity contribution in [2.24, 2.45) is 0 Å². The lowest BCUT2D eigenvalue weighted by Gasteiger charge is -2.07. The summed E-state index contributed by atoms with van der Waals surface area (Å²) in [7, 11) is 0. The normalized spacial score (nSPS) is 9.95. The van der Waals surface area contributed by atoms with Gasteiger partial charge in [-0.25, -0.2) is 4.39 Å². The molecule has 0 fully saturated rings. The molecule has 0 aromatic heterocycles. The maximum absolute atomic E-state index is 13.3. The number of benzene rings is 2. The van der Waals surface area contributed by atoms with Gasteiger partial charge in [-0.2, -0.15) is 5.26 Å². The fraction of sp³-hybridized carbons (Fsp3) is 0.0714. The van der Waals surface area contributed by atoms with Crippen molar-refractivity contribution in [3.8, 4) is 11.8 Å². The van der Waals surface area contributed by atoms with E-state index in [-0.39, 0.29) is 23.6 Å². The highest BCUT2D eigenvalue weighted by Gasteiger charge is 2.15. The number of hydrogen-bond acceptors (Lipinski definition) is 4. The van der Waals surface area contributed by atoms with E-state index in [1.807, 2.05) is 6.07 Å².